The van der Waals surface area contributed by atoms with Gasteiger partial charge < -0.3 is 16.4 Å². The standard InChI is InChI=1S/C14H16N6O3S2/c1-17-14(21)19-9-4-2-8(3-5-9)12-18-10(6-11(15)20-12)7-25(22,23)13(16)24/h2-6H,7H2,1H3,(H2,16,24)(H2,15,18,20)(H2,17,19,21). The summed E-state index contributed by atoms with van der Waals surface area (Å²) in [7, 11) is -2.34. The third-order valence-electron chi connectivity index (χ3n) is 3.06. The molecule has 2 aromatic rings. The van der Waals surface area contributed by atoms with Crippen LogP contribution in [0.2, 0.25) is 0 Å². The maximum absolute atomic E-state index is 11.8. The first-order valence-electron chi connectivity index (χ1n) is 6.94. The van der Waals surface area contributed by atoms with E-state index >= 15 is 0 Å². The van der Waals surface area contributed by atoms with Crippen molar-refractivity contribution < 1.29 is 13.2 Å². The van der Waals surface area contributed by atoms with Crippen molar-refractivity contribution in [2.24, 2.45) is 0 Å². The van der Waals surface area contributed by atoms with Crippen molar-refractivity contribution in [3.05, 3.63) is 36.0 Å². The summed E-state index contributed by atoms with van der Waals surface area (Å²) >= 11 is 3.56. The maximum atomic E-state index is 11.8. The number of hydrogen-bond donors (Lipinski definition) is 5. The van der Waals surface area contributed by atoms with Gasteiger partial charge in [0.05, 0.1) is 11.4 Å². The Morgan fingerprint density at radius 1 is 1.28 bits per heavy atom. The van der Waals surface area contributed by atoms with Crippen LogP contribution in [0.5, 0.6) is 0 Å². The van der Waals surface area contributed by atoms with Gasteiger partial charge in [-0.2, -0.15) is 0 Å². The fraction of sp³-hybridized carbons (Fsp3) is 0.143. The van der Waals surface area contributed by atoms with Crippen molar-refractivity contribution in [2.75, 3.05) is 18.1 Å². The minimum Gasteiger partial charge on any atom is -0.384 e. The van der Waals surface area contributed by atoms with Crippen LogP contribution in [0.15, 0.2) is 30.3 Å². The molecule has 1 heterocycles. The van der Waals surface area contributed by atoms with Gasteiger partial charge in [0.1, 0.15) is 5.82 Å². The van der Waals surface area contributed by atoms with Gasteiger partial charge in [-0.1, -0.05) is 0 Å². The molecule has 132 valence electrons. The van der Waals surface area contributed by atoms with E-state index in [1.807, 2.05) is 0 Å². The first-order chi connectivity index (χ1) is 11.7. The van der Waals surface area contributed by atoms with E-state index in [2.05, 4.69) is 33.2 Å². The zero-order valence-corrected chi connectivity index (χ0v) is 14.9. The molecule has 0 bridgehead atoms. The number of nitrogens with one attached hydrogen (secondary N) is 3. The van der Waals surface area contributed by atoms with Crippen molar-refractivity contribution >= 4 is 44.4 Å². The summed E-state index contributed by atoms with van der Waals surface area (Å²) in [5.41, 5.74) is 7.04. The van der Waals surface area contributed by atoms with Crippen LogP contribution in [0, 0.1) is 5.41 Å². The Balaban J connectivity index is 2.30. The number of rotatable bonds is 4. The molecule has 0 radical (unpaired) electrons. The molecule has 0 spiro atoms. The number of sulfone groups is 1. The van der Waals surface area contributed by atoms with E-state index in [9.17, 15) is 13.2 Å². The Labute approximate surface area is 149 Å². The van der Waals surface area contributed by atoms with E-state index in [1.54, 1.807) is 24.3 Å². The summed E-state index contributed by atoms with van der Waals surface area (Å²) in [6, 6.07) is 7.61. The fourth-order valence-corrected chi connectivity index (χ4v) is 2.75. The SMILES string of the molecule is CNC(=O)Nc1ccc(-c2nc(N)cc(CS(=O)(=O)C(=N)S)n2)cc1. The number of anilines is 2. The quantitative estimate of drug-likeness (QED) is 0.306. The zero-order chi connectivity index (χ0) is 18.6. The van der Waals surface area contributed by atoms with Gasteiger partial charge in [-0.3, -0.25) is 5.41 Å². The van der Waals surface area contributed by atoms with E-state index in [-0.39, 0.29) is 23.4 Å². The number of thiol groups is 1. The second kappa shape index (κ2) is 7.49. The van der Waals surface area contributed by atoms with Crippen LogP contribution in [-0.2, 0) is 15.6 Å². The predicted molar refractivity (Wildman–Crippen MR) is 99.3 cm³/mol. The molecule has 1 aromatic carbocycles. The lowest BCUT2D eigenvalue weighted by atomic mass is 10.2. The molecule has 0 aliphatic rings. The molecular formula is C14H16N6O3S2. The fourth-order valence-electron chi connectivity index (χ4n) is 1.88. The van der Waals surface area contributed by atoms with Gasteiger partial charge in [0.15, 0.2) is 10.2 Å². The molecular weight excluding hydrogens is 364 g/mol. The van der Waals surface area contributed by atoms with Crippen molar-refractivity contribution in [2.45, 2.75) is 5.75 Å². The Kier molecular flexibility index (Phi) is 5.59. The number of benzene rings is 1. The topological polar surface area (TPSA) is 151 Å². The summed E-state index contributed by atoms with van der Waals surface area (Å²) in [4.78, 5) is 19.5. The van der Waals surface area contributed by atoms with Crippen LogP contribution in [0.1, 0.15) is 5.69 Å². The van der Waals surface area contributed by atoms with Gasteiger partial charge in [0.2, 0.25) is 9.84 Å². The van der Waals surface area contributed by atoms with Crippen LogP contribution in [0.4, 0.5) is 16.3 Å². The molecule has 9 nitrogen and oxygen atoms in total. The molecule has 2 rings (SSSR count). The molecule has 25 heavy (non-hydrogen) atoms. The number of urea groups is 1. The van der Waals surface area contributed by atoms with Crippen molar-refractivity contribution in [1.29, 1.82) is 5.41 Å². The van der Waals surface area contributed by atoms with Gasteiger partial charge in [0.25, 0.3) is 0 Å². The summed E-state index contributed by atoms with van der Waals surface area (Å²) < 4.78 is 22.8. The van der Waals surface area contributed by atoms with Gasteiger partial charge >= 0.3 is 6.03 Å². The lowest BCUT2D eigenvalue weighted by Gasteiger charge is -2.08. The Hall–Kier alpha value is -2.66. The highest BCUT2D eigenvalue weighted by molar-refractivity contribution is 8.27. The summed E-state index contributed by atoms with van der Waals surface area (Å²) in [5, 5.41) is 12.2. The van der Waals surface area contributed by atoms with E-state index < -0.39 is 20.0 Å². The molecule has 0 saturated carbocycles. The van der Waals surface area contributed by atoms with E-state index in [0.29, 0.717) is 11.3 Å². The first-order valence-corrected chi connectivity index (χ1v) is 9.04. The summed E-state index contributed by atoms with van der Waals surface area (Å²) in [5.74, 6) is -0.151. The number of nitrogens with two attached hydrogens (primary N) is 1. The molecule has 0 unspecified atom stereocenters. The molecule has 0 aliphatic carbocycles. The van der Waals surface area contributed by atoms with Crippen LogP contribution in [-0.4, -0.2) is 35.8 Å². The van der Waals surface area contributed by atoms with Gasteiger partial charge in [-0.05, 0) is 24.3 Å². The maximum Gasteiger partial charge on any atom is 0.318 e. The lowest BCUT2D eigenvalue weighted by molar-refractivity contribution is 0.254. The zero-order valence-electron chi connectivity index (χ0n) is 13.1. The minimum atomic E-state index is -3.84. The normalized spacial score (nSPS) is 11.0. The smallest absolute Gasteiger partial charge is 0.318 e. The highest BCUT2D eigenvalue weighted by atomic mass is 32.2. The number of aromatic nitrogens is 2. The third kappa shape index (κ3) is 4.90. The summed E-state index contributed by atoms with van der Waals surface area (Å²) in [6.45, 7) is 0. The van der Waals surface area contributed by atoms with Gasteiger partial charge in [-0.15, -0.1) is 12.6 Å². The monoisotopic (exact) mass is 380 g/mol. The lowest BCUT2D eigenvalue weighted by Crippen LogP contribution is -2.24. The molecule has 0 fully saturated rings. The molecule has 5 N–H and O–H groups in total. The number of nitrogens with zero attached hydrogens (tertiary/aromatic N) is 2. The molecule has 1 aromatic heterocycles. The Bertz CT molecular complexity index is 913. The average molecular weight is 380 g/mol. The number of nitrogen functional groups attached to an aromatic ring is 1. The second-order valence-corrected chi connectivity index (χ2v) is 7.63. The number of carbonyl (C=O) groups excluding carboxylic acids is 1. The molecule has 2 amide bonds. The molecule has 0 aliphatic heterocycles. The largest absolute Gasteiger partial charge is 0.384 e. The highest BCUT2D eigenvalue weighted by Crippen LogP contribution is 2.20. The third-order valence-corrected chi connectivity index (χ3v) is 5.16. The average Bonchev–Trinajstić information content (AvgIpc) is 2.54. The van der Waals surface area contributed by atoms with Gasteiger partial charge in [0, 0.05) is 24.4 Å². The Morgan fingerprint density at radius 3 is 2.48 bits per heavy atom. The molecule has 0 atom stereocenters. The Morgan fingerprint density at radius 2 is 1.92 bits per heavy atom. The second-order valence-electron chi connectivity index (χ2n) is 4.95. The van der Waals surface area contributed by atoms with E-state index in [1.165, 1.54) is 13.1 Å². The minimum absolute atomic E-state index is 0.105. The number of hydrogen-bond acceptors (Lipinski definition) is 7. The van der Waals surface area contributed by atoms with Gasteiger partial charge in [-0.25, -0.2) is 23.2 Å². The summed E-state index contributed by atoms with van der Waals surface area (Å²) in [6.07, 6.45) is 0. The highest BCUT2D eigenvalue weighted by Gasteiger charge is 2.18. The molecule has 0 saturated heterocycles. The first kappa shape index (κ1) is 18.7. The van der Waals surface area contributed by atoms with Crippen molar-refractivity contribution in [3.63, 3.8) is 0 Å². The number of amides is 2. The predicted octanol–water partition coefficient (Wildman–Crippen LogP) is 1.26. The van der Waals surface area contributed by atoms with Crippen molar-refractivity contribution in [1.82, 2.24) is 15.3 Å². The molecule has 11 heteroatoms. The van der Waals surface area contributed by atoms with Crippen LogP contribution < -0.4 is 16.4 Å². The van der Waals surface area contributed by atoms with Crippen LogP contribution >= 0.6 is 12.6 Å². The number of carbonyl (C=O) groups is 1. The van der Waals surface area contributed by atoms with Crippen LogP contribution in [0.25, 0.3) is 11.4 Å². The van der Waals surface area contributed by atoms with E-state index in [0.717, 1.165) is 0 Å². The van der Waals surface area contributed by atoms with Crippen molar-refractivity contribution in [3.8, 4) is 11.4 Å². The van der Waals surface area contributed by atoms with E-state index in [4.69, 9.17) is 11.1 Å². The van der Waals surface area contributed by atoms with Crippen LogP contribution in [0.3, 0.4) is 0 Å².